The third-order valence-corrected chi connectivity index (χ3v) is 3.77. The maximum absolute atomic E-state index is 11.0. The summed E-state index contributed by atoms with van der Waals surface area (Å²) in [5.41, 5.74) is 11.0. The molecule has 4 heteroatoms. The first-order chi connectivity index (χ1) is 7.54. The largest absolute Gasteiger partial charge is 0.370 e. The van der Waals surface area contributed by atoms with Gasteiger partial charge in [-0.1, -0.05) is 19.8 Å². The van der Waals surface area contributed by atoms with Crippen LogP contribution >= 0.6 is 0 Å². The molecule has 1 aliphatic carbocycles. The van der Waals surface area contributed by atoms with Gasteiger partial charge in [0.25, 0.3) is 0 Å². The van der Waals surface area contributed by atoms with Crippen molar-refractivity contribution in [2.75, 3.05) is 13.6 Å². The normalized spacial score (nSPS) is 28.0. The lowest BCUT2D eigenvalue weighted by atomic mass is 9.85. The molecule has 1 amide bonds. The minimum atomic E-state index is -0.258. The van der Waals surface area contributed by atoms with Gasteiger partial charge in [-0.05, 0) is 25.8 Å². The number of hydrogen-bond donors (Lipinski definition) is 2. The first-order valence-corrected chi connectivity index (χ1v) is 6.25. The molecule has 0 heterocycles. The molecule has 1 fully saturated rings. The quantitative estimate of drug-likeness (QED) is 0.726. The number of carbonyl (C=O) groups excluding carboxylic acids is 1. The van der Waals surface area contributed by atoms with Gasteiger partial charge < -0.3 is 11.5 Å². The highest BCUT2D eigenvalue weighted by Crippen LogP contribution is 2.27. The Balaban J connectivity index is 2.52. The van der Waals surface area contributed by atoms with Crippen LogP contribution in [0.15, 0.2) is 0 Å². The summed E-state index contributed by atoms with van der Waals surface area (Å²) in [5, 5.41) is 0. The van der Waals surface area contributed by atoms with Crippen LogP contribution in [0.2, 0.25) is 0 Å². The number of nitrogens with two attached hydrogens (primary N) is 2. The average Bonchev–Trinajstić information content (AvgIpc) is 2.24. The minimum Gasteiger partial charge on any atom is -0.370 e. The monoisotopic (exact) mass is 227 g/mol. The second-order valence-corrected chi connectivity index (χ2v) is 5.15. The van der Waals surface area contributed by atoms with E-state index < -0.39 is 0 Å². The average molecular weight is 227 g/mol. The number of rotatable bonds is 5. The van der Waals surface area contributed by atoms with E-state index in [2.05, 4.69) is 18.9 Å². The standard InChI is InChI=1S/C12H25N3O/c1-9-4-3-5-10(6-9)15(2)11(8-13)7-12(14)16/h9-11H,3-8,13H2,1-2H3,(H2,14,16). The van der Waals surface area contributed by atoms with Gasteiger partial charge in [-0.15, -0.1) is 0 Å². The number of primary amides is 1. The molecule has 4 N–H and O–H groups in total. The first-order valence-electron chi connectivity index (χ1n) is 6.25. The number of hydrogen-bond acceptors (Lipinski definition) is 3. The van der Waals surface area contributed by atoms with Crippen LogP contribution in [-0.4, -0.2) is 36.5 Å². The molecule has 0 spiro atoms. The third-order valence-electron chi connectivity index (χ3n) is 3.77. The second kappa shape index (κ2) is 6.21. The van der Waals surface area contributed by atoms with E-state index in [4.69, 9.17) is 11.5 Å². The zero-order valence-corrected chi connectivity index (χ0v) is 10.5. The molecule has 0 aromatic rings. The van der Waals surface area contributed by atoms with Crippen LogP contribution in [-0.2, 0) is 4.79 Å². The second-order valence-electron chi connectivity index (χ2n) is 5.15. The zero-order valence-electron chi connectivity index (χ0n) is 10.5. The Morgan fingerprint density at radius 3 is 2.69 bits per heavy atom. The molecule has 3 unspecified atom stereocenters. The van der Waals surface area contributed by atoms with Crippen molar-refractivity contribution in [3.8, 4) is 0 Å². The molecule has 1 aliphatic rings. The van der Waals surface area contributed by atoms with Crippen molar-refractivity contribution in [3.05, 3.63) is 0 Å². The van der Waals surface area contributed by atoms with Crippen molar-refractivity contribution in [2.24, 2.45) is 17.4 Å². The van der Waals surface area contributed by atoms with Crippen molar-refractivity contribution in [1.29, 1.82) is 0 Å². The van der Waals surface area contributed by atoms with Gasteiger partial charge in [-0.3, -0.25) is 9.69 Å². The van der Waals surface area contributed by atoms with Crippen LogP contribution in [0.4, 0.5) is 0 Å². The molecule has 3 atom stereocenters. The van der Waals surface area contributed by atoms with Crippen LogP contribution in [0.25, 0.3) is 0 Å². The van der Waals surface area contributed by atoms with Crippen molar-refractivity contribution < 1.29 is 4.79 Å². The Kier molecular flexibility index (Phi) is 5.22. The molecular weight excluding hydrogens is 202 g/mol. The number of nitrogens with zero attached hydrogens (tertiary/aromatic N) is 1. The van der Waals surface area contributed by atoms with Gasteiger partial charge in [0.2, 0.25) is 5.91 Å². The molecule has 0 bridgehead atoms. The summed E-state index contributed by atoms with van der Waals surface area (Å²) in [7, 11) is 2.07. The van der Waals surface area contributed by atoms with Crippen LogP contribution in [0, 0.1) is 5.92 Å². The van der Waals surface area contributed by atoms with E-state index in [0.29, 0.717) is 19.0 Å². The molecular formula is C12H25N3O. The fraction of sp³-hybridized carbons (Fsp3) is 0.917. The van der Waals surface area contributed by atoms with Crippen LogP contribution < -0.4 is 11.5 Å². The highest BCUT2D eigenvalue weighted by Gasteiger charge is 2.27. The van der Waals surface area contributed by atoms with Gasteiger partial charge in [-0.2, -0.15) is 0 Å². The van der Waals surface area contributed by atoms with Gasteiger partial charge in [0.1, 0.15) is 0 Å². The fourth-order valence-electron chi connectivity index (χ4n) is 2.70. The molecule has 0 aromatic carbocycles. The van der Waals surface area contributed by atoms with Gasteiger partial charge in [0.15, 0.2) is 0 Å². The third kappa shape index (κ3) is 3.76. The maximum Gasteiger partial charge on any atom is 0.219 e. The van der Waals surface area contributed by atoms with Crippen molar-refractivity contribution >= 4 is 5.91 Å². The molecule has 1 saturated carbocycles. The van der Waals surface area contributed by atoms with E-state index in [9.17, 15) is 4.79 Å². The Bertz CT molecular complexity index is 232. The molecule has 0 aliphatic heterocycles. The predicted molar refractivity (Wildman–Crippen MR) is 65.8 cm³/mol. The van der Waals surface area contributed by atoms with Crippen LogP contribution in [0.5, 0.6) is 0 Å². The molecule has 1 rings (SSSR count). The summed E-state index contributed by atoms with van der Waals surface area (Å²) in [5.74, 6) is 0.527. The van der Waals surface area contributed by atoms with Gasteiger partial charge in [-0.25, -0.2) is 0 Å². The number of carbonyl (C=O) groups is 1. The highest BCUT2D eigenvalue weighted by atomic mass is 16.1. The fourth-order valence-corrected chi connectivity index (χ4v) is 2.70. The molecule has 16 heavy (non-hydrogen) atoms. The van der Waals surface area contributed by atoms with Crippen molar-refractivity contribution in [1.82, 2.24) is 4.90 Å². The summed E-state index contributed by atoms with van der Waals surface area (Å²) in [6, 6.07) is 0.671. The smallest absolute Gasteiger partial charge is 0.219 e. The maximum atomic E-state index is 11.0. The molecule has 94 valence electrons. The minimum absolute atomic E-state index is 0.104. The zero-order chi connectivity index (χ0) is 12.1. The Hall–Kier alpha value is -0.610. The van der Waals surface area contributed by atoms with E-state index in [1.807, 2.05) is 0 Å². The first kappa shape index (κ1) is 13.5. The summed E-state index contributed by atoms with van der Waals surface area (Å²) in [4.78, 5) is 13.2. The van der Waals surface area contributed by atoms with Gasteiger partial charge in [0, 0.05) is 25.0 Å². The Morgan fingerprint density at radius 2 is 2.19 bits per heavy atom. The van der Waals surface area contributed by atoms with E-state index in [1.54, 1.807) is 0 Å². The Morgan fingerprint density at radius 1 is 1.50 bits per heavy atom. The van der Waals surface area contributed by atoms with E-state index in [1.165, 1.54) is 25.7 Å². The lowest BCUT2D eigenvalue weighted by molar-refractivity contribution is -0.119. The number of amides is 1. The molecule has 4 nitrogen and oxygen atoms in total. The summed E-state index contributed by atoms with van der Waals surface area (Å²) in [6.45, 7) is 2.80. The number of likely N-dealkylation sites (N-methyl/N-ethyl adjacent to an activating group) is 1. The van der Waals surface area contributed by atoms with Crippen molar-refractivity contribution in [2.45, 2.75) is 51.1 Å². The van der Waals surface area contributed by atoms with E-state index in [0.717, 1.165) is 5.92 Å². The lowest BCUT2D eigenvalue weighted by Gasteiger charge is -2.38. The van der Waals surface area contributed by atoms with E-state index in [-0.39, 0.29) is 11.9 Å². The van der Waals surface area contributed by atoms with Gasteiger partial charge >= 0.3 is 0 Å². The summed E-state index contributed by atoms with van der Waals surface area (Å²) in [6.07, 6.45) is 5.41. The summed E-state index contributed by atoms with van der Waals surface area (Å²) < 4.78 is 0. The lowest BCUT2D eigenvalue weighted by Crippen LogP contribution is -2.47. The van der Waals surface area contributed by atoms with Crippen LogP contribution in [0.1, 0.15) is 39.0 Å². The topological polar surface area (TPSA) is 72.3 Å². The molecule has 0 saturated heterocycles. The predicted octanol–water partition coefficient (Wildman–Crippen LogP) is 0.700. The summed E-state index contributed by atoms with van der Waals surface area (Å²) >= 11 is 0. The van der Waals surface area contributed by atoms with E-state index >= 15 is 0 Å². The highest BCUT2D eigenvalue weighted by molar-refractivity contribution is 5.74. The SMILES string of the molecule is CC1CCCC(N(C)C(CN)CC(N)=O)C1. The molecule has 0 aromatic heterocycles. The Labute approximate surface area is 98.3 Å². The van der Waals surface area contributed by atoms with Gasteiger partial charge in [0.05, 0.1) is 0 Å². The molecule has 0 radical (unpaired) electrons. The van der Waals surface area contributed by atoms with Crippen LogP contribution in [0.3, 0.4) is 0 Å². The van der Waals surface area contributed by atoms with Crippen molar-refractivity contribution in [3.63, 3.8) is 0 Å².